The Morgan fingerprint density at radius 1 is 1.44 bits per heavy atom. The molecular weight excluding hydrogens is 254 g/mol. The lowest BCUT2D eigenvalue weighted by molar-refractivity contribution is -0.387. The number of hydrogen-bond donors (Lipinski definition) is 0. The van der Waals surface area contributed by atoms with Crippen LogP contribution < -0.4 is 4.90 Å². The zero-order valence-electron chi connectivity index (χ0n) is 10.4. The number of aryl methyl sites for hydroxylation is 1. The van der Waals surface area contributed by atoms with Crippen molar-refractivity contribution in [2.45, 2.75) is 25.8 Å². The third-order valence-corrected chi connectivity index (χ3v) is 2.90. The predicted octanol–water partition coefficient (Wildman–Crippen LogP) is 2.11. The Labute approximate surface area is 109 Å². The van der Waals surface area contributed by atoms with Gasteiger partial charge in [0.15, 0.2) is 5.03 Å². The highest BCUT2D eigenvalue weighted by molar-refractivity contribution is 8.03. The van der Waals surface area contributed by atoms with Crippen LogP contribution in [-0.4, -0.2) is 28.0 Å². The number of thiocyanates is 1. The highest BCUT2D eigenvalue weighted by Crippen LogP contribution is 2.34. The Bertz CT molecular complexity index is 496. The maximum absolute atomic E-state index is 11.1. The smallest absolute Gasteiger partial charge is 0.344 e. The van der Waals surface area contributed by atoms with Gasteiger partial charge in [0.1, 0.15) is 11.2 Å². The van der Waals surface area contributed by atoms with Crippen molar-refractivity contribution in [1.82, 2.24) is 9.97 Å². The molecule has 0 fully saturated rings. The van der Waals surface area contributed by atoms with Crippen molar-refractivity contribution in [3.05, 3.63) is 15.9 Å². The summed E-state index contributed by atoms with van der Waals surface area (Å²) < 4.78 is 0. The number of anilines is 1. The standard InChI is InChI=1S/C10H13N5O2S/c1-4-14(5-2)9-8(15(16)17)10(18-6-11)13-7(3)12-9/h4-5H2,1-3H3. The summed E-state index contributed by atoms with van der Waals surface area (Å²) in [5.41, 5.74) is -0.198. The molecule has 0 atom stereocenters. The van der Waals surface area contributed by atoms with Gasteiger partial charge in [-0.05, 0) is 20.8 Å². The van der Waals surface area contributed by atoms with Gasteiger partial charge in [0, 0.05) is 24.9 Å². The average molecular weight is 267 g/mol. The summed E-state index contributed by atoms with van der Waals surface area (Å²) in [5.74, 6) is 0.690. The third-order valence-electron chi connectivity index (χ3n) is 2.33. The first-order chi connectivity index (χ1) is 8.54. The van der Waals surface area contributed by atoms with E-state index in [0.29, 0.717) is 30.7 Å². The molecule has 1 rings (SSSR count). The first-order valence-corrected chi connectivity index (χ1v) is 6.20. The third kappa shape index (κ3) is 2.87. The summed E-state index contributed by atoms with van der Waals surface area (Å²) in [6, 6.07) is 0. The molecular formula is C10H13N5O2S. The van der Waals surface area contributed by atoms with E-state index in [2.05, 4.69) is 9.97 Å². The van der Waals surface area contributed by atoms with Crippen LogP contribution in [-0.2, 0) is 0 Å². The van der Waals surface area contributed by atoms with E-state index in [1.54, 1.807) is 11.8 Å². The molecule has 0 amide bonds. The van der Waals surface area contributed by atoms with Crippen molar-refractivity contribution in [2.75, 3.05) is 18.0 Å². The van der Waals surface area contributed by atoms with Gasteiger partial charge < -0.3 is 4.90 Å². The van der Waals surface area contributed by atoms with Crippen LogP contribution in [0.15, 0.2) is 5.03 Å². The molecule has 1 aromatic rings. The second-order valence-corrected chi connectivity index (χ2v) is 4.14. The highest BCUT2D eigenvalue weighted by atomic mass is 32.2. The molecule has 0 bridgehead atoms. The minimum Gasteiger partial charge on any atom is -0.351 e. The van der Waals surface area contributed by atoms with Crippen LogP contribution in [0.4, 0.5) is 11.5 Å². The molecule has 0 unspecified atom stereocenters. The minimum atomic E-state index is -0.535. The quantitative estimate of drug-likeness (QED) is 0.265. The zero-order chi connectivity index (χ0) is 13.7. The molecule has 8 heteroatoms. The monoisotopic (exact) mass is 267 g/mol. The van der Waals surface area contributed by atoms with Gasteiger partial charge in [-0.2, -0.15) is 5.26 Å². The van der Waals surface area contributed by atoms with Gasteiger partial charge in [-0.15, -0.1) is 0 Å². The fourth-order valence-electron chi connectivity index (χ4n) is 1.54. The van der Waals surface area contributed by atoms with Crippen molar-refractivity contribution in [3.8, 4) is 5.40 Å². The minimum absolute atomic E-state index is 0.0944. The Balaban J connectivity index is 3.48. The van der Waals surface area contributed by atoms with E-state index in [1.165, 1.54) is 0 Å². The van der Waals surface area contributed by atoms with E-state index in [0.717, 1.165) is 0 Å². The van der Waals surface area contributed by atoms with Crippen LogP contribution in [0.5, 0.6) is 0 Å². The van der Waals surface area contributed by atoms with E-state index in [4.69, 9.17) is 5.26 Å². The molecule has 0 aliphatic carbocycles. The van der Waals surface area contributed by atoms with Crippen LogP contribution in [0.25, 0.3) is 0 Å². The van der Waals surface area contributed by atoms with E-state index < -0.39 is 4.92 Å². The fraction of sp³-hybridized carbons (Fsp3) is 0.500. The lowest BCUT2D eigenvalue weighted by Gasteiger charge is -2.20. The maximum Gasteiger partial charge on any atom is 0.344 e. The maximum atomic E-state index is 11.1. The molecule has 0 saturated heterocycles. The predicted molar refractivity (Wildman–Crippen MR) is 68.5 cm³/mol. The second kappa shape index (κ2) is 6.16. The number of nitrogens with zero attached hydrogens (tertiary/aromatic N) is 5. The Morgan fingerprint density at radius 3 is 2.50 bits per heavy atom. The molecule has 1 aromatic heterocycles. The van der Waals surface area contributed by atoms with Crippen LogP contribution in [0.3, 0.4) is 0 Å². The molecule has 7 nitrogen and oxygen atoms in total. The fourth-order valence-corrected chi connectivity index (χ4v) is 2.07. The zero-order valence-corrected chi connectivity index (χ0v) is 11.2. The summed E-state index contributed by atoms with van der Waals surface area (Å²) >= 11 is 0.683. The summed E-state index contributed by atoms with van der Waals surface area (Å²) in [5, 5.41) is 21.7. The van der Waals surface area contributed by atoms with Gasteiger partial charge >= 0.3 is 5.69 Å². The molecule has 0 radical (unpaired) electrons. The Morgan fingerprint density at radius 2 is 2.06 bits per heavy atom. The number of nitro groups is 1. The highest BCUT2D eigenvalue weighted by Gasteiger charge is 2.27. The topological polar surface area (TPSA) is 96.0 Å². The molecule has 1 heterocycles. The molecule has 0 aromatic carbocycles. The SMILES string of the molecule is CCN(CC)c1nc(C)nc(SC#N)c1[N+](=O)[O-]. The number of thioether (sulfide) groups is 1. The van der Waals surface area contributed by atoms with Crippen molar-refractivity contribution in [2.24, 2.45) is 0 Å². The first-order valence-electron chi connectivity index (χ1n) is 5.39. The lowest BCUT2D eigenvalue weighted by Crippen LogP contribution is -2.25. The van der Waals surface area contributed by atoms with Crippen molar-refractivity contribution in [1.29, 1.82) is 5.26 Å². The number of hydrogen-bond acceptors (Lipinski definition) is 7. The number of rotatable bonds is 5. The van der Waals surface area contributed by atoms with E-state index >= 15 is 0 Å². The van der Waals surface area contributed by atoms with E-state index in [9.17, 15) is 10.1 Å². The second-order valence-electron chi connectivity index (χ2n) is 3.37. The van der Waals surface area contributed by atoms with Gasteiger partial charge in [-0.3, -0.25) is 10.1 Å². The van der Waals surface area contributed by atoms with Crippen LogP contribution in [0.1, 0.15) is 19.7 Å². The summed E-state index contributed by atoms with van der Waals surface area (Å²) in [4.78, 5) is 20.5. The van der Waals surface area contributed by atoms with Crippen LogP contribution in [0.2, 0.25) is 0 Å². The van der Waals surface area contributed by atoms with Gasteiger partial charge in [0.05, 0.1) is 4.92 Å². The lowest BCUT2D eigenvalue weighted by atomic mass is 10.4. The molecule has 0 aliphatic heterocycles. The van der Waals surface area contributed by atoms with Gasteiger partial charge in [-0.1, -0.05) is 0 Å². The molecule has 96 valence electrons. The molecule has 0 N–H and O–H groups in total. The van der Waals surface area contributed by atoms with E-state index in [1.807, 2.05) is 19.2 Å². The molecule has 0 aliphatic rings. The summed E-state index contributed by atoms with van der Waals surface area (Å²) in [6.07, 6.45) is 0. The average Bonchev–Trinajstić information content (AvgIpc) is 2.30. The van der Waals surface area contributed by atoms with Crippen molar-refractivity contribution in [3.63, 3.8) is 0 Å². The van der Waals surface area contributed by atoms with Crippen LogP contribution in [0, 0.1) is 27.7 Å². The van der Waals surface area contributed by atoms with Crippen molar-refractivity contribution < 1.29 is 4.92 Å². The molecule has 0 spiro atoms. The Hall–Kier alpha value is -1.88. The van der Waals surface area contributed by atoms with Crippen LogP contribution >= 0.6 is 11.8 Å². The largest absolute Gasteiger partial charge is 0.351 e. The summed E-state index contributed by atoms with van der Waals surface area (Å²) in [7, 11) is 0. The number of nitriles is 1. The first kappa shape index (κ1) is 14.2. The van der Waals surface area contributed by atoms with E-state index in [-0.39, 0.29) is 16.5 Å². The van der Waals surface area contributed by atoms with Gasteiger partial charge in [-0.25, -0.2) is 9.97 Å². The van der Waals surface area contributed by atoms with Gasteiger partial charge in [0.25, 0.3) is 0 Å². The molecule has 18 heavy (non-hydrogen) atoms. The Kier molecular flexibility index (Phi) is 4.85. The number of aromatic nitrogens is 2. The molecule has 0 saturated carbocycles. The van der Waals surface area contributed by atoms with Crippen molar-refractivity contribution >= 4 is 23.3 Å². The normalized spacial score (nSPS) is 9.89. The summed E-state index contributed by atoms with van der Waals surface area (Å²) in [6.45, 7) is 6.64. The van der Waals surface area contributed by atoms with Gasteiger partial charge in [0.2, 0.25) is 5.82 Å².